The van der Waals surface area contributed by atoms with Gasteiger partial charge in [0.15, 0.2) is 0 Å². The Balaban J connectivity index is 1.79. The molecule has 0 spiro atoms. The molecule has 0 unspecified atom stereocenters. The van der Waals surface area contributed by atoms with Crippen LogP contribution in [-0.4, -0.2) is 12.5 Å². The van der Waals surface area contributed by atoms with Crippen LogP contribution < -0.4 is 11.1 Å². The van der Waals surface area contributed by atoms with E-state index in [0.29, 0.717) is 25.4 Å². The lowest BCUT2D eigenvalue weighted by Gasteiger charge is -2.20. The lowest BCUT2D eigenvalue weighted by molar-refractivity contribution is -0.122. The zero-order valence-corrected chi connectivity index (χ0v) is 12.6. The average molecular weight is 290 g/mol. The van der Waals surface area contributed by atoms with Crippen LogP contribution in [-0.2, 0) is 11.3 Å². The first kappa shape index (κ1) is 15.1. The molecule has 108 valence electrons. The lowest BCUT2D eigenvalue weighted by Crippen LogP contribution is -2.25. The number of hydrogen-bond donors (Lipinski definition) is 2. The molecule has 1 aliphatic rings. The van der Waals surface area contributed by atoms with Crippen molar-refractivity contribution in [2.75, 3.05) is 6.54 Å². The van der Waals surface area contributed by atoms with Crippen molar-refractivity contribution in [3.05, 3.63) is 21.9 Å². The minimum absolute atomic E-state index is 0.169. The molecule has 1 aliphatic carbocycles. The molecule has 1 heterocycles. The van der Waals surface area contributed by atoms with Crippen molar-refractivity contribution in [3.8, 4) is 11.8 Å². The van der Waals surface area contributed by atoms with Gasteiger partial charge < -0.3 is 11.1 Å². The molecule has 2 rings (SSSR count). The predicted octanol–water partition coefficient (Wildman–Crippen LogP) is 2.64. The van der Waals surface area contributed by atoms with E-state index in [2.05, 4.69) is 17.2 Å². The van der Waals surface area contributed by atoms with Crippen LogP contribution in [0, 0.1) is 17.8 Å². The Morgan fingerprint density at radius 3 is 2.95 bits per heavy atom. The highest BCUT2D eigenvalue weighted by molar-refractivity contribution is 7.10. The Morgan fingerprint density at radius 1 is 1.40 bits per heavy atom. The highest BCUT2D eigenvalue weighted by atomic mass is 32.1. The number of carbonyl (C=O) groups is 1. The van der Waals surface area contributed by atoms with E-state index in [1.807, 2.05) is 11.4 Å². The third-order valence-corrected chi connectivity index (χ3v) is 4.64. The Labute approximate surface area is 124 Å². The van der Waals surface area contributed by atoms with Gasteiger partial charge in [-0.15, -0.1) is 11.3 Å². The van der Waals surface area contributed by atoms with Crippen molar-refractivity contribution in [1.29, 1.82) is 0 Å². The normalized spacial score (nSPS) is 15.4. The number of thiophene rings is 1. The lowest BCUT2D eigenvalue weighted by atomic mass is 9.87. The predicted molar refractivity (Wildman–Crippen MR) is 83.3 cm³/mol. The van der Waals surface area contributed by atoms with E-state index >= 15 is 0 Å². The first-order valence-electron chi connectivity index (χ1n) is 7.31. The maximum atomic E-state index is 12.0. The molecule has 4 heteroatoms. The number of amides is 1. The summed E-state index contributed by atoms with van der Waals surface area (Å²) in [5.74, 6) is 6.65. The van der Waals surface area contributed by atoms with E-state index in [9.17, 15) is 4.79 Å². The van der Waals surface area contributed by atoms with E-state index in [0.717, 1.165) is 10.4 Å². The van der Waals surface area contributed by atoms with Gasteiger partial charge in [-0.3, -0.25) is 4.79 Å². The van der Waals surface area contributed by atoms with E-state index in [4.69, 9.17) is 5.73 Å². The van der Waals surface area contributed by atoms with Crippen LogP contribution in [0.4, 0.5) is 0 Å². The van der Waals surface area contributed by atoms with Gasteiger partial charge in [-0.05, 0) is 30.2 Å². The van der Waals surface area contributed by atoms with E-state index in [1.54, 1.807) is 11.3 Å². The summed E-state index contributed by atoms with van der Waals surface area (Å²) in [6, 6.07) is 1.98. The largest absolute Gasteiger partial charge is 0.351 e. The monoisotopic (exact) mass is 290 g/mol. The van der Waals surface area contributed by atoms with Crippen molar-refractivity contribution in [3.63, 3.8) is 0 Å². The maximum absolute atomic E-state index is 12.0. The van der Waals surface area contributed by atoms with Crippen molar-refractivity contribution in [2.45, 2.75) is 45.1 Å². The molecule has 0 aliphatic heterocycles. The fourth-order valence-corrected chi connectivity index (χ4v) is 3.41. The second-order valence-electron chi connectivity index (χ2n) is 5.25. The van der Waals surface area contributed by atoms with E-state index in [1.165, 1.54) is 32.1 Å². The first-order valence-corrected chi connectivity index (χ1v) is 8.19. The topological polar surface area (TPSA) is 55.1 Å². The molecule has 1 saturated carbocycles. The van der Waals surface area contributed by atoms with Gasteiger partial charge in [0.05, 0.1) is 13.1 Å². The zero-order valence-electron chi connectivity index (χ0n) is 11.8. The number of nitrogens with two attached hydrogens (primary N) is 1. The number of carbonyl (C=O) groups excluding carboxylic acids is 1. The summed E-state index contributed by atoms with van der Waals surface area (Å²) in [6.07, 6.45) is 6.98. The van der Waals surface area contributed by atoms with Gasteiger partial charge in [0.2, 0.25) is 5.91 Å². The molecular formula is C16H22N2OS. The van der Waals surface area contributed by atoms with Crippen molar-refractivity contribution < 1.29 is 4.79 Å². The van der Waals surface area contributed by atoms with Crippen LogP contribution in [0.25, 0.3) is 0 Å². The van der Waals surface area contributed by atoms with Crippen molar-refractivity contribution in [2.24, 2.45) is 11.7 Å². The third-order valence-electron chi connectivity index (χ3n) is 3.72. The summed E-state index contributed by atoms with van der Waals surface area (Å²) >= 11 is 1.63. The molecule has 1 aromatic rings. The summed E-state index contributed by atoms with van der Waals surface area (Å²) < 4.78 is 0. The zero-order chi connectivity index (χ0) is 14.2. The van der Waals surface area contributed by atoms with Crippen LogP contribution in [0.5, 0.6) is 0 Å². The first-order chi connectivity index (χ1) is 9.79. The van der Waals surface area contributed by atoms with Crippen LogP contribution in [0.1, 0.15) is 49.0 Å². The summed E-state index contributed by atoms with van der Waals surface area (Å²) in [4.78, 5) is 13.1. The molecule has 1 fully saturated rings. The minimum atomic E-state index is 0.169. The van der Waals surface area contributed by atoms with Crippen LogP contribution in [0.2, 0.25) is 0 Å². The number of rotatable bonds is 4. The molecule has 1 amide bonds. The SMILES string of the molecule is NCC#Cc1ccsc1CNC(=O)CC1CCCCC1. The van der Waals surface area contributed by atoms with Gasteiger partial charge in [-0.2, -0.15) is 0 Å². The summed E-state index contributed by atoms with van der Waals surface area (Å²) in [5, 5.41) is 5.02. The second-order valence-corrected chi connectivity index (χ2v) is 6.25. The summed E-state index contributed by atoms with van der Waals surface area (Å²) in [5.41, 5.74) is 6.37. The third kappa shape index (κ3) is 4.66. The molecule has 0 atom stereocenters. The highest BCUT2D eigenvalue weighted by Crippen LogP contribution is 2.26. The fraction of sp³-hybridized carbons (Fsp3) is 0.562. The fourth-order valence-electron chi connectivity index (χ4n) is 2.64. The van der Waals surface area contributed by atoms with Gasteiger partial charge in [0, 0.05) is 16.9 Å². The van der Waals surface area contributed by atoms with Crippen LogP contribution in [0.3, 0.4) is 0 Å². The molecule has 0 radical (unpaired) electrons. The Bertz CT molecular complexity index is 492. The number of nitrogens with one attached hydrogen (secondary N) is 1. The average Bonchev–Trinajstić information content (AvgIpc) is 2.91. The van der Waals surface area contributed by atoms with Gasteiger partial charge >= 0.3 is 0 Å². The highest BCUT2D eigenvalue weighted by Gasteiger charge is 2.17. The Morgan fingerprint density at radius 2 is 2.20 bits per heavy atom. The van der Waals surface area contributed by atoms with Gasteiger partial charge in [-0.1, -0.05) is 31.1 Å². The van der Waals surface area contributed by atoms with Crippen LogP contribution in [0.15, 0.2) is 11.4 Å². The molecule has 3 N–H and O–H groups in total. The van der Waals surface area contributed by atoms with Crippen LogP contribution >= 0.6 is 11.3 Å². The molecule has 20 heavy (non-hydrogen) atoms. The molecule has 0 aromatic carbocycles. The number of hydrogen-bond acceptors (Lipinski definition) is 3. The molecule has 0 bridgehead atoms. The Kier molecular flexibility index (Phi) is 6.10. The van der Waals surface area contributed by atoms with Gasteiger partial charge in [-0.25, -0.2) is 0 Å². The molecule has 3 nitrogen and oxygen atoms in total. The summed E-state index contributed by atoms with van der Waals surface area (Å²) in [7, 11) is 0. The smallest absolute Gasteiger partial charge is 0.220 e. The minimum Gasteiger partial charge on any atom is -0.351 e. The van der Waals surface area contributed by atoms with E-state index < -0.39 is 0 Å². The van der Waals surface area contributed by atoms with Gasteiger partial charge in [0.25, 0.3) is 0 Å². The van der Waals surface area contributed by atoms with Crippen molar-refractivity contribution >= 4 is 17.2 Å². The standard InChI is InChI=1S/C16H22N2OS/c17-9-4-7-14-8-10-20-15(14)12-18-16(19)11-13-5-2-1-3-6-13/h8,10,13H,1-3,5-6,9,11-12,17H2,(H,18,19). The van der Waals surface area contributed by atoms with Crippen molar-refractivity contribution in [1.82, 2.24) is 5.32 Å². The molecule has 1 aromatic heterocycles. The second kappa shape index (κ2) is 8.08. The van der Waals surface area contributed by atoms with Gasteiger partial charge in [0.1, 0.15) is 0 Å². The quantitative estimate of drug-likeness (QED) is 0.838. The molecular weight excluding hydrogens is 268 g/mol. The maximum Gasteiger partial charge on any atom is 0.220 e. The van der Waals surface area contributed by atoms with E-state index in [-0.39, 0.29) is 5.91 Å². The summed E-state index contributed by atoms with van der Waals surface area (Å²) in [6.45, 7) is 0.946. The molecule has 0 saturated heterocycles. The Hall–Kier alpha value is -1.31.